The molecule has 2 rings (SSSR count). The molecular formula is C16H23FeSi. The number of aryl methyl sites for hydroxylation is 1. The van der Waals surface area contributed by atoms with Crippen molar-refractivity contribution in [2.75, 3.05) is 0 Å². The average Bonchev–Trinajstić information content (AvgIpc) is 2.99. The molecule has 0 amide bonds. The molecule has 0 atom stereocenters. The Morgan fingerprint density at radius 3 is 2.17 bits per heavy atom. The minimum atomic E-state index is 0. The van der Waals surface area contributed by atoms with Crippen molar-refractivity contribution in [3.05, 3.63) is 60.2 Å². The third kappa shape index (κ3) is 9.46. The van der Waals surface area contributed by atoms with Crippen molar-refractivity contribution in [1.82, 2.24) is 0 Å². The Hall–Kier alpha value is -0.564. The second-order valence-electron chi connectivity index (χ2n) is 4.67. The van der Waals surface area contributed by atoms with Crippen LogP contribution in [0.15, 0.2) is 54.6 Å². The van der Waals surface area contributed by atoms with E-state index < -0.39 is 0 Å². The Bertz CT molecular complexity index is 318. The first-order valence-electron chi connectivity index (χ1n) is 6.45. The predicted octanol–water partition coefficient (Wildman–Crippen LogP) is 4.89. The topological polar surface area (TPSA) is 0 Å². The maximum absolute atomic E-state index is 2.40. The molecular weight excluding hydrogens is 276 g/mol. The summed E-state index contributed by atoms with van der Waals surface area (Å²) in [7, 11) is 0.0248. The van der Waals surface area contributed by atoms with Crippen LogP contribution in [0.3, 0.4) is 0 Å². The molecule has 0 fully saturated rings. The number of hydrogen-bond donors (Lipinski definition) is 0. The molecule has 2 aromatic carbocycles. The summed E-state index contributed by atoms with van der Waals surface area (Å²) in [5.41, 5.74) is 1.51. The van der Waals surface area contributed by atoms with E-state index in [1.807, 2.05) is 30.3 Å². The Balaban J connectivity index is 0.000000405. The van der Waals surface area contributed by atoms with Gasteiger partial charge in [0.1, 0.15) is 0 Å². The van der Waals surface area contributed by atoms with Crippen molar-refractivity contribution in [3.8, 4) is 0 Å². The van der Waals surface area contributed by atoms with Crippen molar-refractivity contribution in [1.29, 1.82) is 0 Å². The van der Waals surface area contributed by atoms with Gasteiger partial charge in [-0.1, -0.05) is 38.4 Å². The van der Waals surface area contributed by atoms with E-state index in [9.17, 15) is 0 Å². The fourth-order valence-corrected chi connectivity index (χ4v) is 2.67. The molecule has 18 heavy (non-hydrogen) atoms. The molecule has 2 aromatic rings. The van der Waals surface area contributed by atoms with E-state index >= 15 is 0 Å². The van der Waals surface area contributed by atoms with Crippen LogP contribution in [-0.4, -0.2) is 8.80 Å². The zero-order valence-electron chi connectivity index (χ0n) is 11.4. The number of rotatable bonds is 5. The van der Waals surface area contributed by atoms with Crippen LogP contribution in [0.5, 0.6) is 0 Å². The Labute approximate surface area is 124 Å². The van der Waals surface area contributed by atoms with Crippen LogP contribution in [0.25, 0.3) is 0 Å². The first kappa shape index (κ1) is 17.4. The molecule has 0 aliphatic heterocycles. The monoisotopic (exact) mass is 299 g/mol. The minimum absolute atomic E-state index is 0. The second kappa shape index (κ2) is 11.5. The van der Waals surface area contributed by atoms with Crippen LogP contribution in [0.4, 0.5) is 0 Å². The molecule has 0 nitrogen and oxygen atoms in total. The molecule has 0 heterocycles. The molecule has 0 spiro atoms. The largest absolute Gasteiger partial charge is 2.00 e. The van der Waals surface area contributed by atoms with Crippen LogP contribution >= 0.6 is 0 Å². The molecule has 0 aliphatic rings. The van der Waals surface area contributed by atoms with Gasteiger partial charge >= 0.3 is 17.1 Å². The third-order valence-electron chi connectivity index (χ3n) is 2.68. The number of unbranched alkanes of at least 4 members (excludes halogenated alkanes) is 1. The summed E-state index contributed by atoms with van der Waals surface area (Å²) in [4.78, 5) is 0. The van der Waals surface area contributed by atoms with Gasteiger partial charge in [-0.3, -0.25) is 0 Å². The van der Waals surface area contributed by atoms with Crippen LogP contribution in [0.1, 0.15) is 18.4 Å². The Morgan fingerprint density at radius 1 is 1.00 bits per heavy atom. The van der Waals surface area contributed by atoms with Gasteiger partial charge in [0.15, 0.2) is 0 Å². The standard InChI is InChI=1S/C11H18Si.C5H5.Fe/c1-12(2)10-6-5-9-11-7-3-4-8-11;1-2-4-5-3-1;/h3-4,7-8H,5-6,9-10H2,1-2H3;1-5H;/q2*-1;+2. The first-order valence-corrected chi connectivity index (χ1v) is 9.16. The summed E-state index contributed by atoms with van der Waals surface area (Å²) < 4.78 is 0. The van der Waals surface area contributed by atoms with E-state index in [-0.39, 0.29) is 25.9 Å². The van der Waals surface area contributed by atoms with Crippen molar-refractivity contribution in [2.45, 2.75) is 38.4 Å². The Morgan fingerprint density at radius 2 is 1.72 bits per heavy atom. The van der Waals surface area contributed by atoms with Gasteiger partial charge in [-0.2, -0.15) is 35.9 Å². The van der Waals surface area contributed by atoms with E-state index in [2.05, 4.69) is 37.4 Å². The molecule has 2 heteroatoms. The van der Waals surface area contributed by atoms with Crippen molar-refractivity contribution < 1.29 is 17.1 Å². The average molecular weight is 299 g/mol. The van der Waals surface area contributed by atoms with Gasteiger partial charge < -0.3 is 0 Å². The molecule has 0 unspecified atom stereocenters. The van der Waals surface area contributed by atoms with Gasteiger partial charge in [0.05, 0.1) is 0 Å². The summed E-state index contributed by atoms with van der Waals surface area (Å²) in [6, 6.07) is 20.2. The van der Waals surface area contributed by atoms with Crippen LogP contribution in [-0.2, 0) is 23.5 Å². The summed E-state index contributed by atoms with van der Waals surface area (Å²) in [6.45, 7) is 4.79. The van der Waals surface area contributed by atoms with Crippen molar-refractivity contribution in [3.63, 3.8) is 0 Å². The normalized spacial score (nSPS) is 9.50. The van der Waals surface area contributed by atoms with Crippen LogP contribution < -0.4 is 0 Å². The zero-order valence-corrected chi connectivity index (χ0v) is 13.5. The quantitative estimate of drug-likeness (QED) is 0.419. The van der Waals surface area contributed by atoms with E-state index in [4.69, 9.17) is 0 Å². The van der Waals surface area contributed by atoms with E-state index in [0.29, 0.717) is 0 Å². The third-order valence-corrected chi connectivity index (χ3v) is 4.03. The van der Waals surface area contributed by atoms with E-state index in [0.717, 1.165) is 0 Å². The molecule has 1 radical (unpaired) electrons. The predicted molar refractivity (Wildman–Crippen MR) is 79.3 cm³/mol. The van der Waals surface area contributed by atoms with E-state index in [1.54, 1.807) is 0 Å². The van der Waals surface area contributed by atoms with Gasteiger partial charge in [-0.15, -0.1) is 0 Å². The van der Waals surface area contributed by atoms with Gasteiger partial charge in [0.2, 0.25) is 0 Å². The van der Waals surface area contributed by atoms with Gasteiger partial charge in [0, 0.05) is 8.80 Å². The second-order valence-corrected chi connectivity index (χ2v) is 7.58. The van der Waals surface area contributed by atoms with Gasteiger partial charge in [0.25, 0.3) is 0 Å². The van der Waals surface area contributed by atoms with E-state index in [1.165, 1.54) is 30.9 Å². The number of hydrogen-bond acceptors (Lipinski definition) is 0. The summed E-state index contributed by atoms with van der Waals surface area (Å²) >= 11 is 0. The molecule has 0 aliphatic carbocycles. The van der Waals surface area contributed by atoms with Crippen LogP contribution in [0, 0.1) is 0 Å². The zero-order chi connectivity index (χ0) is 12.3. The smallest absolute Gasteiger partial charge is 0.214 e. The minimum Gasteiger partial charge on any atom is -0.214 e. The summed E-state index contributed by atoms with van der Waals surface area (Å²) in [5, 5.41) is 0. The summed E-state index contributed by atoms with van der Waals surface area (Å²) in [5.74, 6) is 0. The molecule has 0 saturated carbocycles. The molecule has 0 aromatic heterocycles. The SMILES string of the molecule is C[Si](C)CCCCc1ccc[cH-]1.[Fe+2].c1cc[cH-]c1. The first-order chi connectivity index (χ1) is 8.29. The van der Waals surface area contributed by atoms with Gasteiger partial charge in [-0.05, 0) is 0 Å². The fraction of sp³-hybridized carbons (Fsp3) is 0.375. The molecule has 0 N–H and O–H groups in total. The van der Waals surface area contributed by atoms with Crippen molar-refractivity contribution in [2.24, 2.45) is 0 Å². The molecule has 0 saturated heterocycles. The fourth-order valence-electron chi connectivity index (χ4n) is 1.71. The molecule has 0 bridgehead atoms. The maximum Gasteiger partial charge on any atom is 2.00 e. The van der Waals surface area contributed by atoms with Crippen molar-refractivity contribution >= 4 is 8.80 Å². The Kier molecular flexibility index (Phi) is 11.2. The summed E-state index contributed by atoms with van der Waals surface area (Å²) in [6.07, 6.45) is 4.08. The van der Waals surface area contributed by atoms with Gasteiger partial charge in [-0.25, -0.2) is 24.3 Å². The van der Waals surface area contributed by atoms with Crippen LogP contribution in [0.2, 0.25) is 19.1 Å². The maximum atomic E-state index is 2.40. The molecule has 99 valence electrons.